The molecule has 2 heterocycles. The minimum Gasteiger partial charge on any atom is -0.389 e. The molecule has 1 aromatic heterocycles. The van der Waals surface area contributed by atoms with Gasteiger partial charge in [0.1, 0.15) is 10.8 Å². The third-order valence-corrected chi connectivity index (χ3v) is 4.27. The van der Waals surface area contributed by atoms with Gasteiger partial charge in [0, 0.05) is 18.8 Å². The number of hydrogen-bond donors (Lipinski definition) is 2. The first-order valence-corrected chi connectivity index (χ1v) is 7.17. The van der Waals surface area contributed by atoms with Gasteiger partial charge < -0.3 is 15.7 Å². The van der Waals surface area contributed by atoms with E-state index in [-0.39, 0.29) is 0 Å². The molecule has 1 aliphatic carbocycles. The second-order valence-electron chi connectivity index (χ2n) is 5.85. The zero-order chi connectivity index (χ0) is 13.6. The van der Waals surface area contributed by atoms with E-state index in [1.165, 1.54) is 11.3 Å². The first-order valence-electron chi connectivity index (χ1n) is 6.76. The molecule has 0 aromatic carbocycles. The SMILES string of the molecule is CC1(O)CCN(c2nc3c(cc2C(N)=S)CCC3)C1. The molecule has 1 atom stereocenters. The summed E-state index contributed by atoms with van der Waals surface area (Å²) in [5.41, 5.74) is 8.50. The van der Waals surface area contributed by atoms with Crippen LogP contribution in [-0.4, -0.2) is 33.8 Å². The Morgan fingerprint density at radius 2 is 2.32 bits per heavy atom. The Morgan fingerprint density at radius 1 is 1.53 bits per heavy atom. The Hall–Kier alpha value is -1.20. The van der Waals surface area contributed by atoms with Crippen LogP contribution in [0.2, 0.25) is 0 Å². The van der Waals surface area contributed by atoms with Crippen molar-refractivity contribution in [3.63, 3.8) is 0 Å². The molecule has 5 heteroatoms. The summed E-state index contributed by atoms with van der Waals surface area (Å²) in [4.78, 5) is 7.27. The van der Waals surface area contributed by atoms with Crippen molar-refractivity contribution in [1.29, 1.82) is 0 Å². The van der Waals surface area contributed by atoms with Gasteiger partial charge >= 0.3 is 0 Å². The predicted octanol–water partition coefficient (Wildman–Crippen LogP) is 1.17. The number of aromatic nitrogens is 1. The number of aliphatic hydroxyl groups is 1. The number of β-amino-alcohol motifs (C(OH)–C–C–N with tert-alkyl or cyclic N) is 1. The van der Waals surface area contributed by atoms with Crippen molar-refractivity contribution < 1.29 is 5.11 Å². The number of thiocarbonyl (C=S) groups is 1. The highest BCUT2D eigenvalue weighted by atomic mass is 32.1. The lowest BCUT2D eigenvalue weighted by Gasteiger charge is -2.23. The number of aryl methyl sites for hydroxylation is 2. The number of nitrogens with two attached hydrogens (primary N) is 1. The van der Waals surface area contributed by atoms with Crippen molar-refractivity contribution >= 4 is 23.0 Å². The molecule has 1 unspecified atom stereocenters. The average Bonchev–Trinajstić information content (AvgIpc) is 2.92. The highest BCUT2D eigenvalue weighted by molar-refractivity contribution is 7.80. The molecule has 4 nitrogen and oxygen atoms in total. The van der Waals surface area contributed by atoms with E-state index >= 15 is 0 Å². The minimum atomic E-state index is -0.645. The molecule has 0 amide bonds. The third-order valence-electron chi connectivity index (χ3n) is 4.05. The summed E-state index contributed by atoms with van der Waals surface area (Å²) < 4.78 is 0. The second-order valence-corrected chi connectivity index (χ2v) is 6.29. The smallest absolute Gasteiger partial charge is 0.139 e. The fourth-order valence-electron chi connectivity index (χ4n) is 3.01. The molecule has 2 aliphatic rings. The van der Waals surface area contributed by atoms with Crippen molar-refractivity contribution in [2.45, 2.75) is 38.2 Å². The minimum absolute atomic E-state index is 0.392. The van der Waals surface area contributed by atoms with Crippen molar-refractivity contribution in [3.8, 4) is 0 Å². The zero-order valence-electron chi connectivity index (χ0n) is 11.1. The lowest BCUT2D eigenvalue weighted by atomic mass is 10.1. The molecule has 1 aromatic rings. The summed E-state index contributed by atoms with van der Waals surface area (Å²) in [5, 5.41) is 10.1. The van der Waals surface area contributed by atoms with Crippen molar-refractivity contribution in [1.82, 2.24) is 4.98 Å². The van der Waals surface area contributed by atoms with E-state index in [9.17, 15) is 5.11 Å². The standard InChI is InChI=1S/C14H19N3OS/c1-14(18)5-6-17(8-14)13-10(12(15)19)7-9-3-2-4-11(9)16-13/h7,18H,2-6,8H2,1H3,(H2,15,19). The first-order chi connectivity index (χ1) is 8.96. The van der Waals surface area contributed by atoms with Gasteiger partial charge in [0.25, 0.3) is 0 Å². The maximum absolute atomic E-state index is 10.1. The Kier molecular flexibility index (Phi) is 2.98. The number of pyridine rings is 1. The van der Waals surface area contributed by atoms with E-state index in [1.807, 2.05) is 6.92 Å². The number of fused-ring (bicyclic) bond motifs is 1. The number of nitrogens with zero attached hydrogens (tertiary/aromatic N) is 2. The third kappa shape index (κ3) is 2.32. The van der Waals surface area contributed by atoms with Crippen LogP contribution in [-0.2, 0) is 12.8 Å². The number of hydrogen-bond acceptors (Lipinski definition) is 4. The second kappa shape index (κ2) is 4.42. The molecule has 0 radical (unpaired) electrons. The van der Waals surface area contributed by atoms with Gasteiger partial charge in [-0.2, -0.15) is 0 Å². The average molecular weight is 277 g/mol. The van der Waals surface area contributed by atoms with Gasteiger partial charge in [-0.1, -0.05) is 12.2 Å². The molecule has 1 fully saturated rings. The first kappa shape index (κ1) is 12.8. The molecule has 1 saturated heterocycles. The van der Waals surface area contributed by atoms with Gasteiger partial charge in [-0.25, -0.2) is 4.98 Å². The molecule has 1 aliphatic heterocycles. The van der Waals surface area contributed by atoms with E-state index in [0.29, 0.717) is 11.5 Å². The van der Waals surface area contributed by atoms with E-state index < -0.39 is 5.60 Å². The highest BCUT2D eigenvalue weighted by Gasteiger charge is 2.34. The van der Waals surface area contributed by atoms with Crippen molar-refractivity contribution in [3.05, 3.63) is 22.9 Å². The van der Waals surface area contributed by atoms with Crippen LogP contribution in [0.1, 0.15) is 36.6 Å². The quantitative estimate of drug-likeness (QED) is 0.795. The van der Waals surface area contributed by atoms with Crippen LogP contribution < -0.4 is 10.6 Å². The Balaban J connectivity index is 2.02. The topological polar surface area (TPSA) is 62.4 Å². The molecular formula is C14H19N3OS. The Bertz CT molecular complexity index is 542. The van der Waals surface area contributed by atoms with Gasteiger partial charge in [-0.3, -0.25) is 0 Å². The van der Waals surface area contributed by atoms with Crippen LogP contribution in [0, 0.1) is 0 Å². The molecule has 3 N–H and O–H groups in total. The van der Waals surface area contributed by atoms with Crippen molar-refractivity contribution in [2.75, 3.05) is 18.0 Å². The monoisotopic (exact) mass is 277 g/mol. The molecule has 19 heavy (non-hydrogen) atoms. The maximum Gasteiger partial charge on any atom is 0.139 e. The summed E-state index contributed by atoms with van der Waals surface area (Å²) >= 11 is 5.16. The Labute approximate surface area is 118 Å². The van der Waals surface area contributed by atoms with E-state index in [4.69, 9.17) is 22.9 Å². The molecule has 0 bridgehead atoms. The van der Waals surface area contributed by atoms with Gasteiger partial charge in [0.05, 0.1) is 11.2 Å². The number of anilines is 1. The highest BCUT2D eigenvalue weighted by Crippen LogP contribution is 2.31. The van der Waals surface area contributed by atoms with Gasteiger partial charge in [-0.05, 0) is 44.2 Å². The summed E-state index contributed by atoms with van der Waals surface area (Å²) in [6, 6.07) is 2.10. The predicted molar refractivity (Wildman–Crippen MR) is 79.6 cm³/mol. The summed E-state index contributed by atoms with van der Waals surface area (Å²) in [6.07, 6.45) is 4.00. The maximum atomic E-state index is 10.1. The molecule has 0 spiro atoms. The van der Waals surface area contributed by atoms with Gasteiger partial charge in [0.15, 0.2) is 0 Å². The molecule has 102 valence electrons. The zero-order valence-corrected chi connectivity index (χ0v) is 12.0. The van der Waals surface area contributed by atoms with Crippen LogP contribution in [0.3, 0.4) is 0 Å². The van der Waals surface area contributed by atoms with Crippen molar-refractivity contribution in [2.24, 2.45) is 5.73 Å². The fraction of sp³-hybridized carbons (Fsp3) is 0.571. The fourth-order valence-corrected chi connectivity index (χ4v) is 3.16. The summed E-state index contributed by atoms with van der Waals surface area (Å²) in [5.74, 6) is 0.853. The largest absolute Gasteiger partial charge is 0.389 e. The summed E-state index contributed by atoms with van der Waals surface area (Å²) in [7, 11) is 0. The molecular weight excluding hydrogens is 258 g/mol. The van der Waals surface area contributed by atoms with Crippen LogP contribution >= 0.6 is 12.2 Å². The number of rotatable bonds is 2. The van der Waals surface area contributed by atoms with Crippen LogP contribution in [0.15, 0.2) is 6.07 Å². The lowest BCUT2D eigenvalue weighted by Crippen LogP contribution is -2.31. The van der Waals surface area contributed by atoms with Gasteiger partial charge in [-0.15, -0.1) is 0 Å². The lowest BCUT2D eigenvalue weighted by molar-refractivity contribution is 0.0839. The Morgan fingerprint density at radius 3 is 2.95 bits per heavy atom. The van der Waals surface area contributed by atoms with Crippen LogP contribution in [0.5, 0.6) is 0 Å². The van der Waals surface area contributed by atoms with Crippen LogP contribution in [0.25, 0.3) is 0 Å². The van der Waals surface area contributed by atoms with E-state index in [2.05, 4.69) is 11.0 Å². The normalized spacial score (nSPS) is 25.7. The van der Waals surface area contributed by atoms with Gasteiger partial charge in [0.2, 0.25) is 0 Å². The molecule has 3 rings (SSSR count). The van der Waals surface area contributed by atoms with E-state index in [0.717, 1.165) is 43.6 Å². The van der Waals surface area contributed by atoms with E-state index in [1.54, 1.807) is 0 Å². The molecule has 0 saturated carbocycles. The summed E-state index contributed by atoms with van der Waals surface area (Å²) in [6.45, 7) is 3.25. The van der Waals surface area contributed by atoms with Crippen LogP contribution in [0.4, 0.5) is 5.82 Å².